The molecule has 0 heterocycles. The fourth-order valence-electron chi connectivity index (χ4n) is 1.09. The zero-order valence-corrected chi connectivity index (χ0v) is 7.93. The lowest BCUT2D eigenvalue weighted by Crippen LogP contribution is -2.21. The van der Waals surface area contributed by atoms with Gasteiger partial charge in [0.25, 0.3) is 0 Å². The van der Waals surface area contributed by atoms with E-state index >= 15 is 0 Å². The molecule has 1 atom stereocenters. The van der Waals surface area contributed by atoms with E-state index in [1.807, 2.05) is 0 Å². The highest BCUT2D eigenvalue weighted by Gasteiger charge is 2.21. The first kappa shape index (κ1) is 12.5. The number of nitro groups is 1. The van der Waals surface area contributed by atoms with Crippen molar-refractivity contribution in [3.8, 4) is 0 Å². The lowest BCUT2D eigenvalue weighted by molar-refractivity contribution is -0.480. The van der Waals surface area contributed by atoms with Gasteiger partial charge in [0.05, 0.1) is 0 Å². The normalized spacial score (nSPS) is 12.1. The van der Waals surface area contributed by atoms with E-state index < -0.39 is 22.6 Å². The van der Waals surface area contributed by atoms with Crippen molar-refractivity contribution in [1.82, 2.24) is 0 Å². The Bertz CT molecular complexity index is 224. The van der Waals surface area contributed by atoms with Crippen molar-refractivity contribution in [3.63, 3.8) is 0 Å². The highest BCUT2D eigenvalue weighted by atomic mass is 16.6. The smallest absolute Gasteiger partial charge is 0.314 e. The van der Waals surface area contributed by atoms with Gasteiger partial charge < -0.3 is 5.11 Å². The van der Waals surface area contributed by atoms with Gasteiger partial charge in [0, 0.05) is 11.3 Å². The number of rotatable bonds is 7. The summed E-state index contributed by atoms with van der Waals surface area (Å²) < 4.78 is 0. The second kappa shape index (κ2) is 6.06. The molecule has 0 bridgehead atoms. The van der Waals surface area contributed by atoms with Crippen LogP contribution in [-0.2, 0) is 9.59 Å². The molecule has 0 aliphatic carbocycles. The summed E-state index contributed by atoms with van der Waals surface area (Å²) in [6, 6.07) is 0. The molecule has 0 aliphatic heterocycles. The second-order valence-corrected chi connectivity index (χ2v) is 3.05. The molecule has 1 unspecified atom stereocenters. The van der Waals surface area contributed by atoms with Crippen LogP contribution in [0.3, 0.4) is 0 Å². The molecule has 0 aromatic heterocycles. The standard InChI is InChI=1S/C8H13NO5/c1-6(10)7(8(11)12)4-2-3-5-9(13)14/h7H,2-5H2,1H3,(H,11,12). The van der Waals surface area contributed by atoms with Crippen molar-refractivity contribution in [2.75, 3.05) is 6.54 Å². The molecule has 6 heteroatoms. The van der Waals surface area contributed by atoms with Crippen LogP contribution < -0.4 is 0 Å². The van der Waals surface area contributed by atoms with Crippen LogP contribution in [0.5, 0.6) is 0 Å². The van der Waals surface area contributed by atoms with Gasteiger partial charge >= 0.3 is 5.97 Å². The third kappa shape index (κ3) is 5.23. The second-order valence-electron chi connectivity index (χ2n) is 3.05. The van der Waals surface area contributed by atoms with Crippen molar-refractivity contribution in [3.05, 3.63) is 10.1 Å². The Kier molecular flexibility index (Phi) is 5.43. The molecule has 0 rings (SSSR count). The van der Waals surface area contributed by atoms with E-state index in [9.17, 15) is 19.7 Å². The number of carbonyl (C=O) groups is 2. The summed E-state index contributed by atoms with van der Waals surface area (Å²) in [7, 11) is 0. The largest absolute Gasteiger partial charge is 0.481 e. The van der Waals surface area contributed by atoms with Crippen molar-refractivity contribution in [2.45, 2.75) is 26.2 Å². The number of Topliss-reactive ketones (excluding diaryl/α,β-unsaturated/α-hetero) is 1. The molecule has 0 aliphatic rings. The first-order valence-electron chi connectivity index (χ1n) is 4.30. The van der Waals surface area contributed by atoms with Crippen molar-refractivity contribution < 1.29 is 19.6 Å². The fraction of sp³-hybridized carbons (Fsp3) is 0.750. The van der Waals surface area contributed by atoms with Gasteiger partial charge in [0.15, 0.2) is 0 Å². The molecule has 0 saturated carbocycles. The Hall–Kier alpha value is -1.46. The lowest BCUT2D eigenvalue weighted by atomic mass is 9.98. The minimum atomic E-state index is -1.15. The monoisotopic (exact) mass is 203 g/mol. The van der Waals surface area contributed by atoms with Gasteiger partial charge in [-0.15, -0.1) is 0 Å². The number of nitrogens with zero attached hydrogens (tertiary/aromatic N) is 1. The summed E-state index contributed by atoms with van der Waals surface area (Å²) in [5, 5.41) is 18.5. The molecule has 6 nitrogen and oxygen atoms in total. The molecule has 0 radical (unpaired) electrons. The van der Waals surface area contributed by atoms with Crippen LogP contribution in [-0.4, -0.2) is 28.3 Å². The van der Waals surface area contributed by atoms with Gasteiger partial charge in [0.1, 0.15) is 11.7 Å². The maximum Gasteiger partial charge on any atom is 0.314 e. The Morgan fingerprint density at radius 2 is 2.00 bits per heavy atom. The summed E-state index contributed by atoms with van der Waals surface area (Å²) in [4.78, 5) is 30.8. The van der Waals surface area contributed by atoms with Crippen LogP contribution in [0.25, 0.3) is 0 Å². The quantitative estimate of drug-likeness (QED) is 0.284. The van der Waals surface area contributed by atoms with Crippen LogP contribution in [0.2, 0.25) is 0 Å². The Balaban J connectivity index is 3.78. The van der Waals surface area contributed by atoms with E-state index in [-0.39, 0.29) is 13.0 Å². The highest BCUT2D eigenvalue weighted by molar-refractivity contribution is 5.96. The molecule has 0 fully saturated rings. The van der Waals surface area contributed by atoms with E-state index in [0.29, 0.717) is 12.8 Å². The van der Waals surface area contributed by atoms with Gasteiger partial charge in [-0.25, -0.2) is 0 Å². The number of hydrogen-bond donors (Lipinski definition) is 1. The number of carboxylic acid groups (broad SMARTS) is 1. The molecular weight excluding hydrogens is 190 g/mol. The number of ketones is 1. The molecule has 0 amide bonds. The molecule has 0 saturated heterocycles. The van der Waals surface area contributed by atoms with Crippen LogP contribution in [0.4, 0.5) is 0 Å². The SMILES string of the molecule is CC(=O)C(CCCC[N+](=O)[O-])C(=O)O. The van der Waals surface area contributed by atoms with Crippen LogP contribution in [0.15, 0.2) is 0 Å². The maximum absolute atomic E-state index is 10.8. The lowest BCUT2D eigenvalue weighted by Gasteiger charge is -2.06. The van der Waals surface area contributed by atoms with Crippen LogP contribution >= 0.6 is 0 Å². The first-order valence-corrected chi connectivity index (χ1v) is 4.30. The molecule has 14 heavy (non-hydrogen) atoms. The van der Waals surface area contributed by atoms with E-state index in [0.717, 1.165) is 0 Å². The van der Waals surface area contributed by atoms with Gasteiger partial charge in [0.2, 0.25) is 6.54 Å². The third-order valence-corrected chi connectivity index (χ3v) is 1.87. The van der Waals surface area contributed by atoms with E-state index in [4.69, 9.17) is 5.11 Å². The van der Waals surface area contributed by atoms with Gasteiger partial charge in [-0.1, -0.05) is 0 Å². The molecule has 80 valence electrons. The van der Waals surface area contributed by atoms with Gasteiger partial charge in [-0.05, 0) is 19.8 Å². The van der Waals surface area contributed by atoms with E-state index in [1.165, 1.54) is 6.92 Å². The topological polar surface area (TPSA) is 97.5 Å². The summed E-state index contributed by atoms with van der Waals surface area (Å²) in [6.45, 7) is 1.04. The van der Waals surface area contributed by atoms with E-state index in [2.05, 4.69) is 0 Å². The number of aliphatic carboxylic acids is 1. The van der Waals surface area contributed by atoms with E-state index in [1.54, 1.807) is 0 Å². The summed E-state index contributed by atoms with van der Waals surface area (Å²) in [5.41, 5.74) is 0. The third-order valence-electron chi connectivity index (χ3n) is 1.87. The van der Waals surface area contributed by atoms with Crippen LogP contribution in [0, 0.1) is 16.0 Å². The van der Waals surface area contributed by atoms with Crippen LogP contribution in [0.1, 0.15) is 26.2 Å². The molecular formula is C8H13NO5. The zero-order valence-electron chi connectivity index (χ0n) is 7.93. The Morgan fingerprint density at radius 3 is 2.36 bits per heavy atom. The summed E-state index contributed by atoms with van der Waals surface area (Å²) >= 11 is 0. The predicted octanol–water partition coefficient (Wildman–Crippen LogP) is 0.723. The predicted molar refractivity (Wildman–Crippen MR) is 47.5 cm³/mol. The summed E-state index contributed by atoms with van der Waals surface area (Å²) in [6.07, 6.45) is 0.875. The van der Waals surface area contributed by atoms with Crippen molar-refractivity contribution in [2.24, 2.45) is 5.92 Å². The Morgan fingerprint density at radius 1 is 1.43 bits per heavy atom. The average molecular weight is 203 g/mol. The molecule has 1 N–H and O–H groups in total. The number of carbonyl (C=O) groups excluding carboxylic acids is 1. The Labute approximate surface area is 81.1 Å². The van der Waals surface area contributed by atoms with Crippen molar-refractivity contribution in [1.29, 1.82) is 0 Å². The fourth-order valence-corrected chi connectivity index (χ4v) is 1.09. The molecule has 0 aromatic rings. The summed E-state index contributed by atoms with van der Waals surface area (Å²) in [5.74, 6) is -2.57. The number of hydrogen-bond acceptors (Lipinski definition) is 4. The zero-order chi connectivity index (χ0) is 11.1. The maximum atomic E-state index is 10.8. The molecule has 0 spiro atoms. The van der Waals surface area contributed by atoms with Crippen molar-refractivity contribution >= 4 is 11.8 Å². The first-order chi connectivity index (χ1) is 6.45. The minimum Gasteiger partial charge on any atom is -0.481 e. The average Bonchev–Trinajstić information content (AvgIpc) is 2.01. The highest BCUT2D eigenvalue weighted by Crippen LogP contribution is 2.10. The number of unbranched alkanes of at least 4 members (excludes halogenated alkanes) is 1. The number of carboxylic acids is 1. The van der Waals surface area contributed by atoms with Gasteiger partial charge in [-0.3, -0.25) is 19.7 Å². The molecule has 0 aromatic carbocycles. The minimum absolute atomic E-state index is 0.176. The van der Waals surface area contributed by atoms with Gasteiger partial charge in [-0.2, -0.15) is 0 Å².